The lowest BCUT2D eigenvalue weighted by Gasteiger charge is -2.13. The van der Waals surface area contributed by atoms with Crippen LogP contribution in [0.3, 0.4) is 0 Å². The van der Waals surface area contributed by atoms with Gasteiger partial charge in [-0.25, -0.2) is 9.78 Å². The lowest BCUT2D eigenvalue weighted by atomic mass is 10.1. The predicted molar refractivity (Wildman–Crippen MR) is 109 cm³/mol. The fraction of sp³-hybridized carbons (Fsp3) is 0.150. The molecular formula is C20H19N5O4. The molecular weight excluding hydrogens is 374 g/mol. The van der Waals surface area contributed by atoms with Crippen molar-refractivity contribution in [3.63, 3.8) is 0 Å². The van der Waals surface area contributed by atoms with Gasteiger partial charge in [0.15, 0.2) is 0 Å². The van der Waals surface area contributed by atoms with Gasteiger partial charge in [0.05, 0.1) is 16.7 Å². The number of rotatable bonds is 6. The lowest BCUT2D eigenvalue weighted by Crippen LogP contribution is -2.04. The summed E-state index contributed by atoms with van der Waals surface area (Å²) in [4.78, 5) is 25.2. The molecule has 9 heteroatoms. The molecule has 2 heterocycles. The van der Waals surface area contributed by atoms with Gasteiger partial charge >= 0.3 is 5.97 Å². The van der Waals surface area contributed by atoms with Crippen LogP contribution in [0.2, 0.25) is 0 Å². The molecule has 0 fully saturated rings. The summed E-state index contributed by atoms with van der Waals surface area (Å²) in [5.74, 6) is -0.569. The predicted octanol–water partition coefficient (Wildman–Crippen LogP) is 3.85. The molecule has 0 unspecified atom stereocenters. The van der Waals surface area contributed by atoms with Crippen LogP contribution in [0.15, 0.2) is 47.7 Å². The summed E-state index contributed by atoms with van der Waals surface area (Å²) in [7, 11) is 0. The largest absolute Gasteiger partial charge is 0.478 e. The van der Waals surface area contributed by atoms with Gasteiger partial charge in [0.2, 0.25) is 0 Å². The number of carboxylic acids is 1. The zero-order valence-corrected chi connectivity index (χ0v) is 16.1. The van der Waals surface area contributed by atoms with E-state index in [1.165, 1.54) is 12.1 Å². The summed E-state index contributed by atoms with van der Waals surface area (Å²) in [6.07, 6.45) is 2.80. The first kappa shape index (κ1) is 19.7. The van der Waals surface area contributed by atoms with E-state index in [1.54, 1.807) is 24.4 Å². The second kappa shape index (κ2) is 7.93. The number of nitrogens with zero attached hydrogens (tertiary/aromatic N) is 4. The summed E-state index contributed by atoms with van der Waals surface area (Å²) in [6.45, 7) is 5.78. The first-order valence-corrected chi connectivity index (χ1v) is 8.70. The van der Waals surface area contributed by atoms with Crippen LogP contribution < -0.4 is 5.43 Å². The Morgan fingerprint density at radius 2 is 2.00 bits per heavy atom. The lowest BCUT2D eigenvalue weighted by molar-refractivity contribution is -0.385. The van der Waals surface area contributed by atoms with Crippen LogP contribution in [0, 0.1) is 30.9 Å². The molecule has 0 aliphatic heterocycles. The van der Waals surface area contributed by atoms with Crippen molar-refractivity contribution in [2.45, 2.75) is 20.8 Å². The van der Waals surface area contributed by atoms with Gasteiger partial charge < -0.3 is 9.67 Å². The number of aromatic nitrogens is 2. The van der Waals surface area contributed by atoms with Gasteiger partial charge in [0, 0.05) is 28.7 Å². The van der Waals surface area contributed by atoms with Crippen LogP contribution in [-0.2, 0) is 0 Å². The summed E-state index contributed by atoms with van der Waals surface area (Å²) in [5, 5.41) is 24.0. The van der Waals surface area contributed by atoms with E-state index in [4.69, 9.17) is 5.11 Å². The maximum absolute atomic E-state index is 11.2. The summed E-state index contributed by atoms with van der Waals surface area (Å²) in [6, 6.07) is 9.81. The van der Waals surface area contributed by atoms with Crippen molar-refractivity contribution in [2.24, 2.45) is 5.10 Å². The third-order valence-corrected chi connectivity index (χ3v) is 4.50. The van der Waals surface area contributed by atoms with Crippen molar-refractivity contribution < 1.29 is 14.8 Å². The molecule has 0 aliphatic rings. The van der Waals surface area contributed by atoms with Crippen LogP contribution in [-0.4, -0.2) is 31.8 Å². The number of aromatic carboxylic acids is 1. The zero-order chi connectivity index (χ0) is 21.1. The van der Waals surface area contributed by atoms with E-state index in [-0.39, 0.29) is 11.3 Å². The number of benzene rings is 1. The van der Waals surface area contributed by atoms with Crippen LogP contribution in [0.1, 0.15) is 32.9 Å². The van der Waals surface area contributed by atoms with E-state index in [9.17, 15) is 14.9 Å². The summed E-state index contributed by atoms with van der Waals surface area (Å²) in [5.41, 5.74) is 7.44. The molecule has 1 aromatic carbocycles. The van der Waals surface area contributed by atoms with E-state index in [1.807, 2.05) is 31.4 Å². The first-order valence-electron chi connectivity index (χ1n) is 8.70. The van der Waals surface area contributed by atoms with Crippen LogP contribution in [0.5, 0.6) is 0 Å². The molecule has 0 bridgehead atoms. The highest BCUT2D eigenvalue weighted by Crippen LogP contribution is 2.23. The molecule has 9 nitrogen and oxygen atoms in total. The molecule has 3 aromatic rings. The minimum absolute atomic E-state index is 0.0904. The number of carboxylic acid groups (broad SMARTS) is 1. The van der Waals surface area contributed by atoms with E-state index in [0.29, 0.717) is 5.82 Å². The first-order chi connectivity index (χ1) is 13.8. The average molecular weight is 393 g/mol. The van der Waals surface area contributed by atoms with Gasteiger partial charge in [-0.05, 0) is 56.7 Å². The number of nitro groups is 1. The molecule has 29 heavy (non-hydrogen) atoms. The number of hydrogen-bond acceptors (Lipinski definition) is 6. The van der Waals surface area contributed by atoms with Crippen LogP contribution in [0.25, 0.3) is 5.69 Å². The van der Waals surface area contributed by atoms with Crippen molar-refractivity contribution in [1.82, 2.24) is 9.55 Å². The SMILES string of the molecule is Cc1cc(C(=O)O)ccc1-n1c(C)cc(C=NNc2ccc([N+](=O)[O-])cn2)c1C. The number of anilines is 1. The maximum atomic E-state index is 11.2. The molecule has 0 atom stereocenters. The summed E-state index contributed by atoms with van der Waals surface area (Å²) < 4.78 is 2.03. The molecule has 0 saturated heterocycles. The molecule has 0 aliphatic carbocycles. The second-order valence-electron chi connectivity index (χ2n) is 6.50. The molecule has 0 spiro atoms. The molecule has 0 amide bonds. The number of aryl methyl sites for hydroxylation is 2. The van der Waals surface area contributed by atoms with Gasteiger partial charge in [0.25, 0.3) is 5.69 Å². The minimum Gasteiger partial charge on any atom is -0.478 e. The molecule has 0 saturated carbocycles. The topological polar surface area (TPSA) is 123 Å². The number of hydrogen-bond donors (Lipinski definition) is 2. The highest BCUT2D eigenvalue weighted by Gasteiger charge is 2.13. The van der Waals surface area contributed by atoms with E-state index in [2.05, 4.69) is 15.5 Å². The molecule has 0 radical (unpaired) electrons. The third kappa shape index (κ3) is 4.13. The summed E-state index contributed by atoms with van der Waals surface area (Å²) >= 11 is 0. The van der Waals surface area contributed by atoms with Gasteiger partial charge in [-0.1, -0.05) is 0 Å². The Balaban J connectivity index is 1.83. The van der Waals surface area contributed by atoms with Crippen molar-refractivity contribution in [3.05, 3.63) is 80.8 Å². The van der Waals surface area contributed by atoms with Crippen molar-refractivity contribution in [2.75, 3.05) is 5.43 Å². The number of carbonyl (C=O) groups is 1. The monoisotopic (exact) mass is 393 g/mol. The normalized spacial score (nSPS) is 11.0. The van der Waals surface area contributed by atoms with E-state index in [0.717, 1.165) is 34.4 Å². The Kier molecular flexibility index (Phi) is 5.40. The van der Waals surface area contributed by atoms with Crippen molar-refractivity contribution in [1.29, 1.82) is 0 Å². The van der Waals surface area contributed by atoms with Crippen molar-refractivity contribution >= 4 is 23.7 Å². The third-order valence-electron chi connectivity index (χ3n) is 4.50. The Morgan fingerprint density at radius 1 is 1.24 bits per heavy atom. The second-order valence-corrected chi connectivity index (χ2v) is 6.50. The van der Waals surface area contributed by atoms with Gasteiger partial charge in [-0.3, -0.25) is 15.5 Å². The number of hydrazone groups is 1. The molecule has 2 N–H and O–H groups in total. The fourth-order valence-corrected chi connectivity index (χ4v) is 3.06. The van der Waals surface area contributed by atoms with Gasteiger partial charge in [-0.2, -0.15) is 5.10 Å². The number of nitrogens with one attached hydrogen (secondary N) is 1. The highest BCUT2D eigenvalue weighted by molar-refractivity contribution is 5.88. The zero-order valence-electron chi connectivity index (χ0n) is 16.1. The molecule has 2 aromatic heterocycles. The van der Waals surface area contributed by atoms with Crippen LogP contribution in [0.4, 0.5) is 11.5 Å². The smallest absolute Gasteiger partial charge is 0.335 e. The van der Waals surface area contributed by atoms with Gasteiger partial charge in [0.1, 0.15) is 12.0 Å². The van der Waals surface area contributed by atoms with Crippen molar-refractivity contribution in [3.8, 4) is 5.69 Å². The standard InChI is InChI=1S/C20H19N5O4/c1-12-8-15(20(26)27)4-6-18(12)24-13(2)9-16(14(24)3)10-22-23-19-7-5-17(11-21-19)25(28)29/h4-11H,1-3H3,(H,21,23)(H,26,27). The number of pyridine rings is 1. The average Bonchev–Trinajstić information content (AvgIpc) is 2.95. The molecule has 3 rings (SSSR count). The van der Waals surface area contributed by atoms with Crippen LogP contribution >= 0.6 is 0 Å². The Hall–Kier alpha value is -4.01. The quantitative estimate of drug-likeness (QED) is 0.372. The van der Waals surface area contributed by atoms with E-state index < -0.39 is 10.9 Å². The Labute approximate surface area is 166 Å². The molecule has 148 valence electrons. The fourth-order valence-electron chi connectivity index (χ4n) is 3.06. The Morgan fingerprint density at radius 3 is 2.59 bits per heavy atom. The Bertz CT molecular complexity index is 1120. The van der Waals surface area contributed by atoms with Gasteiger partial charge in [-0.15, -0.1) is 0 Å². The highest BCUT2D eigenvalue weighted by atomic mass is 16.6. The van der Waals surface area contributed by atoms with E-state index >= 15 is 0 Å². The maximum Gasteiger partial charge on any atom is 0.335 e. The minimum atomic E-state index is -0.959.